The smallest absolute Gasteiger partial charge is 0.200 e. The molecule has 0 saturated heterocycles. The number of benzene rings is 4. The fourth-order valence-corrected chi connectivity index (χ4v) is 5.25. The van der Waals surface area contributed by atoms with E-state index in [1.54, 1.807) is 30.5 Å². The highest BCUT2D eigenvalue weighted by Gasteiger charge is 2.43. The van der Waals surface area contributed by atoms with Crippen LogP contribution in [-0.2, 0) is 15.4 Å². The Morgan fingerprint density at radius 2 is 1.25 bits per heavy atom. The van der Waals surface area contributed by atoms with E-state index in [4.69, 9.17) is 0 Å². The van der Waals surface area contributed by atoms with Gasteiger partial charge in [0.2, 0.25) is 0 Å². The Morgan fingerprint density at radius 1 is 0.719 bits per heavy atom. The van der Waals surface area contributed by atoms with E-state index in [9.17, 15) is 8.42 Å². The molecule has 158 valence electrons. The van der Waals surface area contributed by atoms with Crippen LogP contribution in [0.3, 0.4) is 0 Å². The van der Waals surface area contributed by atoms with E-state index in [0.29, 0.717) is 0 Å². The largest absolute Gasteiger partial charge is 0.276 e. The summed E-state index contributed by atoms with van der Waals surface area (Å²) in [5.41, 5.74) is 5.71. The van der Waals surface area contributed by atoms with Gasteiger partial charge in [0, 0.05) is 6.21 Å². The van der Waals surface area contributed by atoms with Crippen LogP contribution in [0.1, 0.15) is 22.3 Å². The lowest BCUT2D eigenvalue weighted by Gasteiger charge is -2.28. The number of hydrogen-bond donors (Lipinski definition) is 1. The number of nitrogens with zero attached hydrogens (tertiary/aromatic N) is 1. The molecular formula is C27H22N2O2S. The Morgan fingerprint density at radius 3 is 1.84 bits per heavy atom. The summed E-state index contributed by atoms with van der Waals surface area (Å²) in [5, 5.41) is 4.31. The van der Waals surface area contributed by atoms with E-state index in [2.05, 4.69) is 46.3 Å². The van der Waals surface area contributed by atoms with Crippen LogP contribution < -0.4 is 4.83 Å². The Balaban J connectivity index is 1.65. The van der Waals surface area contributed by atoms with Crippen LogP contribution in [0.2, 0.25) is 0 Å². The van der Waals surface area contributed by atoms with Gasteiger partial charge >= 0.3 is 0 Å². The molecule has 4 nitrogen and oxygen atoms in total. The number of rotatable bonds is 5. The Hall–Kier alpha value is -3.70. The summed E-state index contributed by atoms with van der Waals surface area (Å²) in [5.74, 6) is 0. The topological polar surface area (TPSA) is 58.5 Å². The normalized spacial score (nSPS) is 14.2. The zero-order valence-corrected chi connectivity index (χ0v) is 18.4. The molecule has 0 unspecified atom stereocenters. The van der Waals surface area contributed by atoms with Gasteiger partial charge in [-0.1, -0.05) is 96.6 Å². The zero-order valence-electron chi connectivity index (χ0n) is 17.6. The summed E-state index contributed by atoms with van der Waals surface area (Å²) < 4.78 is 25.6. The van der Waals surface area contributed by atoms with Crippen molar-refractivity contribution in [3.05, 3.63) is 125 Å². The van der Waals surface area contributed by atoms with Crippen LogP contribution in [0.5, 0.6) is 0 Å². The highest BCUT2D eigenvalue weighted by molar-refractivity contribution is 7.89. The molecule has 1 N–H and O–H groups in total. The molecule has 32 heavy (non-hydrogen) atoms. The first kappa shape index (κ1) is 20.2. The molecule has 0 aliphatic heterocycles. The first-order chi connectivity index (χ1) is 15.5. The lowest BCUT2D eigenvalue weighted by Crippen LogP contribution is -2.30. The minimum atomic E-state index is -3.78. The van der Waals surface area contributed by atoms with Gasteiger partial charge in [-0.25, -0.2) is 4.83 Å². The van der Waals surface area contributed by atoms with E-state index in [0.717, 1.165) is 33.4 Å². The third-order valence-electron chi connectivity index (χ3n) is 5.99. The van der Waals surface area contributed by atoms with Crippen molar-refractivity contribution in [2.24, 2.45) is 5.10 Å². The second-order valence-electron chi connectivity index (χ2n) is 7.93. The maximum atomic E-state index is 12.8. The van der Waals surface area contributed by atoms with Crippen LogP contribution >= 0.6 is 0 Å². The van der Waals surface area contributed by atoms with Gasteiger partial charge in [-0.3, -0.25) is 0 Å². The van der Waals surface area contributed by atoms with Crippen LogP contribution in [0.4, 0.5) is 0 Å². The summed E-state index contributed by atoms with van der Waals surface area (Å²) in [7, 11) is -3.78. The van der Waals surface area contributed by atoms with Gasteiger partial charge in [-0.05, 0) is 46.9 Å². The average Bonchev–Trinajstić information content (AvgIpc) is 3.11. The van der Waals surface area contributed by atoms with Crippen molar-refractivity contribution in [1.29, 1.82) is 0 Å². The lowest BCUT2D eigenvalue weighted by atomic mass is 9.73. The molecule has 5 rings (SSSR count). The summed E-state index contributed by atoms with van der Waals surface area (Å²) in [6.45, 7) is 1.92. The zero-order chi connectivity index (χ0) is 22.2. The molecule has 1 aliphatic rings. The number of nitrogens with one attached hydrogen (secondary N) is 1. The molecule has 0 amide bonds. The molecule has 0 aromatic heterocycles. The Labute approximate surface area is 188 Å². The van der Waals surface area contributed by atoms with E-state index >= 15 is 0 Å². The van der Waals surface area contributed by atoms with Crippen molar-refractivity contribution in [3.8, 4) is 11.1 Å². The van der Waals surface area contributed by atoms with Gasteiger partial charge in [0.05, 0.1) is 10.3 Å². The van der Waals surface area contributed by atoms with Crippen molar-refractivity contribution in [1.82, 2.24) is 4.83 Å². The molecule has 0 spiro atoms. The third kappa shape index (κ3) is 3.22. The van der Waals surface area contributed by atoms with E-state index < -0.39 is 15.4 Å². The Bertz CT molecular complexity index is 1360. The van der Waals surface area contributed by atoms with Crippen LogP contribution in [0, 0.1) is 6.92 Å². The SMILES string of the molecule is Cc1ccc(S(=O)(=O)NN=CC2(c3ccccc3)c3ccccc3-c3ccccc32)cc1. The quantitative estimate of drug-likeness (QED) is 0.341. The van der Waals surface area contributed by atoms with E-state index in [-0.39, 0.29) is 4.90 Å². The van der Waals surface area contributed by atoms with Crippen molar-refractivity contribution >= 4 is 16.2 Å². The molecule has 0 fully saturated rings. The number of aryl methyl sites for hydroxylation is 1. The maximum absolute atomic E-state index is 12.8. The molecular weight excluding hydrogens is 416 g/mol. The number of hydrazone groups is 1. The molecule has 0 radical (unpaired) electrons. The van der Waals surface area contributed by atoms with Gasteiger partial charge in [0.25, 0.3) is 10.0 Å². The molecule has 4 aromatic carbocycles. The highest BCUT2D eigenvalue weighted by Crippen LogP contribution is 2.51. The van der Waals surface area contributed by atoms with Crippen LogP contribution in [-0.4, -0.2) is 14.6 Å². The molecule has 0 heterocycles. The molecule has 4 aromatic rings. The van der Waals surface area contributed by atoms with Gasteiger partial charge in [-0.2, -0.15) is 13.5 Å². The molecule has 1 aliphatic carbocycles. The second kappa shape index (κ2) is 7.77. The van der Waals surface area contributed by atoms with Crippen LogP contribution in [0.15, 0.2) is 113 Å². The number of fused-ring (bicyclic) bond motifs is 3. The minimum absolute atomic E-state index is 0.182. The molecule has 0 saturated carbocycles. The summed E-state index contributed by atoms with van der Waals surface area (Å²) in [6.07, 6.45) is 1.72. The fourth-order valence-electron chi connectivity index (χ4n) is 4.46. The van der Waals surface area contributed by atoms with Gasteiger partial charge in [0.15, 0.2) is 0 Å². The predicted octanol–water partition coefficient (Wildman–Crippen LogP) is 5.27. The maximum Gasteiger partial charge on any atom is 0.276 e. The first-order valence-electron chi connectivity index (χ1n) is 10.4. The van der Waals surface area contributed by atoms with Gasteiger partial charge in [-0.15, -0.1) is 0 Å². The van der Waals surface area contributed by atoms with Crippen molar-refractivity contribution < 1.29 is 8.42 Å². The monoisotopic (exact) mass is 438 g/mol. The van der Waals surface area contributed by atoms with Crippen molar-refractivity contribution in [2.45, 2.75) is 17.2 Å². The number of sulfonamides is 1. The molecule has 0 bridgehead atoms. The Kier molecular flexibility index (Phi) is 4.91. The lowest BCUT2D eigenvalue weighted by molar-refractivity contribution is 0.584. The second-order valence-corrected chi connectivity index (χ2v) is 9.59. The minimum Gasteiger partial charge on any atom is -0.200 e. The molecule has 5 heteroatoms. The van der Waals surface area contributed by atoms with Gasteiger partial charge in [0.1, 0.15) is 0 Å². The molecule has 0 atom stereocenters. The fraction of sp³-hybridized carbons (Fsp3) is 0.0741. The summed E-state index contributed by atoms with van der Waals surface area (Å²) >= 11 is 0. The summed E-state index contributed by atoms with van der Waals surface area (Å²) in [4.78, 5) is 2.60. The predicted molar refractivity (Wildman–Crippen MR) is 128 cm³/mol. The van der Waals surface area contributed by atoms with Crippen molar-refractivity contribution in [2.75, 3.05) is 0 Å². The van der Waals surface area contributed by atoms with Crippen molar-refractivity contribution in [3.63, 3.8) is 0 Å². The van der Waals surface area contributed by atoms with Gasteiger partial charge < -0.3 is 0 Å². The highest BCUT2D eigenvalue weighted by atomic mass is 32.2. The van der Waals surface area contributed by atoms with Crippen LogP contribution in [0.25, 0.3) is 11.1 Å². The summed E-state index contributed by atoms with van der Waals surface area (Å²) in [6, 6.07) is 33.2. The van der Waals surface area contributed by atoms with E-state index in [1.807, 2.05) is 49.4 Å². The number of hydrogen-bond acceptors (Lipinski definition) is 3. The third-order valence-corrected chi connectivity index (χ3v) is 7.22. The average molecular weight is 439 g/mol. The standard InChI is InChI=1S/C27H22N2O2S/c1-20-15-17-22(18-16-20)32(30,31)29-28-19-27(21-9-3-2-4-10-21)25-13-7-5-11-23(25)24-12-6-8-14-26(24)27/h2-19,29H,1H3. The first-order valence-corrected chi connectivity index (χ1v) is 11.9. The van der Waals surface area contributed by atoms with E-state index in [1.165, 1.54) is 0 Å².